The molecular formula is C12H17NO. The van der Waals surface area contributed by atoms with Gasteiger partial charge in [0.25, 0.3) is 0 Å². The van der Waals surface area contributed by atoms with Gasteiger partial charge in [0, 0.05) is 12.6 Å². The minimum absolute atomic E-state index is 0.431. The zero-order valence-electron chi connectivity index (χ0n) is 8.80. The van der Waals surface area contributed by atoms with Crippen molar-refractivity contribution < 1.29 is 5.11 Å². The number of hydrogen-bond acceptors (Lipinski definition) is 2. The van der Waals surface area contributed by atoms with Crippen molar-refractivity contribution in [2.75, 3.05) is 0 Å². The van der Waals surface area contributed by atoms with Gasteiger partial charge in [0.15, 0.2) is 0 Å². The molecule has 0 heterocycles. The highest BCUT2D eigenvalue weighted by Gasteiger charge is 2.20. The fourth-order valence-corrected chi connectivity index (χ4v) is 1.70. The second-order valence-electron chi connectivity index (χ2n) is 4.23. The van der Waals surface area contributed by atoms with E-state index in [4.69, 9.17) is 0 Å². The van der Waals surface area contributed by atoms with Gasteiger partial charge in [-0.25, -0.2) is 0 Å². The van der Waals surface area contributed by atoms with Gasteiger partial charge in [-0.2, -0.15) is 0 Å². The first-order valence-electron chi connectivity index (χ1n) is 5.19. The second-order valence-corrected chi connectivity index (χ2v) is 4.23. The molecule has 2 nitrogen and oxygen atoms in total. The van der Waals surface area contributed by atoms with Gasteiger partial charge in [0.1, 0.15) is 5.75 Å². The molecule has 1 aliphatic rings. The van der Waals surface area contributed by atoms with Gasteiger partial charge in [-0.15, -0.1) is 0 Å². The summed E-state index contributed by atoms with van der Waals surface area (Å²) in [6.07, 6.45) is 2.63. The van der Waals surface area contributed by atoms with Crippen LogP contribution in [0.5, 0.6) is 5.75 Å². The molecule has 2 N–H and O–H groups in total. The number of phenols is 1. The molecule has 0 saturated heterocycles. The minimum Gasteiger partial charge on any atom is -0.507 e. The fourth-order valence-electron chi connectivity index (χ4n) is 1.70. The normalized spacial score (nSPS) is 15.9. The zero-order valence-corrected chi connectivity index (χ0v) is 8.80. The van der Waals surface area contributed by atoms with E-state index in [1.54, 1.807) is 0 Å². The largest absolute Gasteiger partial charge is 0.507 e. The first-order chi connectivity index (χ1) is 6.66. The molecule has 2 heteroatoms. The Labute approximate surface area is 85.0 Å². The third kappa shape index (κ3) is 2.07. The number of phenolic OH excluding ortho intramolecular Hbond substituents is 1. The van der Waals surface area contributed by atoms with E-state index in [9.17, 15) is 5.11 Å². The van der Waals surface area contributed by atoms with Gasteiger partial charge in [-0.1, -0.05) is 12.1 Å². The average Bonchev–Trinajstić information content (AvgIpc) is 2.94. The van der Waals surface area contributed by atoms with Crippen LogP contribution in [-0.2, 0) is 6.54 Å². The fraction of sp³-hybridized carbons (Fsp3) is 0.500. The Morgan fingerprint density at radius 3 is 2.36 bits per heavy atom. The molecule has 0 spiro atoms. The summed E-state index contributed by atoms with van der Waals surface area (Å²) in [7, 11) is 0. The Kier molecular flexibility index (Phi) is 2.46. The van der Waals surface area contributed by atoms with Crippen molar-refractivity contribution in [2.45, 2.75) is 39.3 Å². The molecule has 0 aliphatic heterocycles. The smallest absolute Gasteiger partial charge is 0.121 e. The van der Waals surface area contributed by atoms with Crippen LogP contribution in [-0.4, -0.2) is 11.1 Å². The van der Waals surface area contributed by atoms with E-state index < -0.39 is 0 Å². The summed E-state index contributed by atoms with van der Waals surface area (Å²) < 4.78 is 0. The molecule has 0 bridgehead atoms. The van der Waals surface area contributed by atoms with E-state index in [0.29, 0.717) is 5.75 Å². The summed E-state index contributed by atoms with van der Waals surface area (Å²) in [6.45, 7) is 4.82. The lowest BCUT2D eigenvalue weighted by molar-refractivity contribution is 0.466. The predicted molar refractivity (Wildman–Crippen MR) is 57.4 cm³/mol. The Morgan fingerprint density at radius 2 is 1.86 bits per heavy atom. The number of rotatable bonds is 3. The third-order valence-electron chi connectivity index (χ3n) is 2.72. The van der Waals surface area contributed by atoms with Crippen molar-refractivity contribution >= 4 is 0 Å². The number of aryl methyl sites for hydroxylation is 2. The highest BCUT2D eigenvalue weighted by Crippen LogP contribution is 2.24. The zero-order chi connectivity index (χ0) is 10.1. The maximum Gasteiger partial charge on any atom is 0.121 e. The molecule has 1 aromatic carbocycles. The molecule has 0 amide bonds. The quantitative estimate of drug-likeness (QED) is 0.768. The highest BCUT2D eigenvalue weighted by atomic mass is 16.3. The summed E-state index contributed by atoms with van der Waals surface area (Å²) in [5.41, 5.74) is 3.21. The Balaban J connectivity index is 2.08. The van der Waals surface area contributed by atoms with E-state index in [2.05, 4.69) is 17.4 Å². The molecule has 2 rings (SSSR count). The number of benzene rings is 1. The van der Waals surface area contributed by atoms with Gasteiger partial charge >= 0.3 is 0 Å². The van der Waals surface area contributed by atoms with Gasteiger partial charge in [-0.05, 0) is 43.4 Å². The monoisotopic (exact) mass is 191 g/mol. The van der Waals surface area contributed by atoms with E-state index in [1.807, 2.05) is 13.8 Å². The van der Waals surface area contributed by atoms with Crippen molar-refractivity contribution in [2.24, 2.45) is 0 Å². The first kappa shape index (κ1) is 9.53. The molecule has 1 aliphatic carbocycles. The molecule has 0 unspecified atom stereocenters. The molecule has 1 fully saturated rings. The van der Waals surface area contributed by atoms with Crippen molar-refractivity contribution in [1.82, 2.24) is 5.32 Å². The Morgan fingerprint density at radius 1 is 1.29 bits per heavy atom. The molecule has 76 valence electrons. The number of hydrogen-bond donors (Lipinski definition) is 2. The van der Waals surface area contributed by atoms with Crippen LogP contribution >= 0.6 is 0 Å². The lowest BCUT2D eigenvalue weighted by atomic mass is 10.1. The van der Waals surface area contributed by atoms with E-state index >= 15 is 0 Å². The lowest BCUT2D eigenvalue weighted by Gasteiger charge is -2.08. The second kappa shape index (κ2) is 3.62. The predicted octanol–water partition coefficient (Wildman–Crippen LogP) is 2.26. The van der Waals surface area contributed by atoms with Crippen LogP contribution in [0.3, 0.4) is 0 Å². The standard InChI is InChI=1S/C12H17NO/c1-8-5-10(6-9(2)12(8)14)7-13-11-3-4-11/h5-6,11,13-14H,3-4,7H2,1-2H3. The van der Waals surface area contributed by atoms with Crippen LogP contribution in [0.1, 0.15) is 29.5 Å². The summed E-state index contributed by atoms with van der Waals surface area (Å²) in [5.74, 6) is 0.431. The summed E-state index contributed by atoms with van der Waals surface area (Å²) in [6, 6.07) is 4.85. The van der Waals surface area contributed by atoms with Crippen LogP contribution in [0.15, 0.2) is 12.1 Å². The molecule has 0 radical (unpaired) electrons. The van der Waals surface area contributed by atoms with E-state index in [-0.39, 0.29) is 0 Å². The van der Waals surface area contributed by atoms with Gasteiger partial charge in [0.05, 0.1) is 0 Å². The van der Waals surface area contributed by atoms with E-state index in [0.717, 1.165) is 23.7 Å². The lowest BCUT2D eigenvalue weighted by Crippen LogP contribution is -2.15. The molecule has 1 aromatic rings. The van der Waals surface area contributed by atoms with Crippen LogP contribution in [0.25, 0.3) is 0 Å². The van der Waals surface area contributed by atoms with Gasteiger partial charge < -0.3 is 10.4 Å². The topological polar surface area (TPSA) is 32.3 Å². The number of aromatic hydroxyl groups is 1. The van der Waals surface area contributed by atoms with Crippen LogP contribution < -0.4 is 5.32 Å². The van der Waals surface area contributed by atoms with Gasteiger partial charge in [0.2, 0.25) is 0 Å². The maximum atomic E-state index is 9.60. The molecule has 1 saturated carbocycles. The van der Waals surface area contributed by atoms with Crippen LogP contribution in [0.2, 0.25) is 0 Å². The Hall–Kier alpha value is -1.02. The molecule has 0 atom stereocenters. The third-order valence-corrected chi connectivity index (χ3v) is 2.72. The highest BCUT2D eigenvalue weighted by molar-refractivity contribution is 5.42. The summed E-state index contributed by atoms with van der Waals surface area (Å²) in [5, 5.41) is 13.1. The summed E-state index contributed by atoms with van der Waals surface area (Å²) in [4.78, 5) is 0. The summed E-state index contributed by atoms with van der Waals surface area (Å²) >= 11 is 0. The molecular weight excluding hydrogens is 174 g/mol. The van der Waals surface area contributed by atoms with Crippen molar-refractivity contribution in [1.29, 1.82) is 0 Å². The van der Waals surface area contributed by atoms with Crippen molar-refractivity contribution in [3.8, 4) is 5.75 Å². The number of nitrogens with one attached hydrogen (secondary N) is 1. The maximum absolute atomic E-state index is 9.60. The average molecular weight is 191 g/mol. The SMILES string of the molecule is Cc1cc(CNC2CC2)cc(C)c1O. The van der Waals surface area contributed by atoms with Gasteiger partial charge in [-0.3, -0.25) is 0 Å². The van der Waals surface area contributed by atoms with Crippen LogP contribution in [0, 0.1) is 13.8 Å². The van der Waals surface area contributed by atoms with E-state index in [1.165, 1.54) is 18.4 Å². The molecule has 14 heavy (non-hydrogen) atoms. The van der Waals surface area contributed by atoms with Crippen molar-refractivity contribution in [3.05, 3.63) is 28.8 Å². The minimum atomic E-state index is 0.431. The first-order valence-corrected chi connectivity index (χ1v) is 5.19. The Bertz CT molecular complexity index is 319. The van der Waals surface area contributed by atoms with Crippen LogP contribution in [0.4, 0.5) is 0 Å². The molecule has 0 aromatic heterocycles. The van der Waals surface area contributed by atoms with Crippen molar-refractivity contribution in [3.63, 3.8) is 0 Å².